The van der Waals surface area contributed by atoms with Crippen LogP contribution in [0.3, 0.4) is 0 Å². The Morgan fingerprint density at radius 2 is 2.00 bits per heavy atom. The second kappa shape index (κ2) is 7.55. The summed E-state index contributed by atoms with van der Waals surface area (Å²) in [7, 11) is 1.82. The Kier molecular flexibility index (Phi) is 5.16. The van der Waals surface area contributed by atoms with Crippen LogP contribution in [0.15, 0.2) is 29.3 Å². The summed E-state index contributed by atoms with van der Waals surface area (Å²) >= 11 is 0. The molecule has 3 aliphatic rings. The van der Waals surface area contributed by atoms with Crippen LogP contribution in [0.25, 0.3) is 0 Å². The third-order valence-electron chi connectivity index (χ3n) is 6.52. The molecule has 0 radical (unpaired) electrons. The maximum atomic E-state index is 14.2. The fourth-order valence-corrected chi connectivity index (χ4v) is 4.73. The predicted molar refractivity (Wildman–Crippen MR) is 104 cm³/mol. The molecule has 1 saturated heterocycles. The van der Waals surface area contributed by atoms with Gasteiger partial charge in [-0.15, -0.1) is 0 Å². The molecule has 2 saturated carbocycles. The van der Waals surface area contributed by atoms with Gasteiger partial charge in [-0.3, -0.25) is 9.89 Å². The first-order valence-electron chi connectivity index (χ1n) is 10.2. The van der Waals surface area contributed by atoms with Gasteiger partial charge in [-0.25, -0.2) is 4.39 Å². The Morgan fingerprint density at radius 3 is 2.69 bits per heavy atom. The number of hydrogen-bond donors (Lipinski definition) is 2. The lowest BCUT2D eigenvalue weighted by Crippen LogP contribution is -2.47. The highest BCUT2D eigenvalue weighted by molar-refractivity contribution is 5.80. The number of halogens is 1. The van der Waals surface area contributed by atoms with Crippen LogP contribution >= 0.6 is 0 Å². The van der Waals surface area contributed by atoms with E-state index in [9.17, 15) is 4.39 Å². The smallest absolute Gasteiger partial charge is 0.191 e. The molecule has 5 heteroatoms. The number of nitrogens with zero attached hydrogens (tertiary/aromatic N) is 2. The third-order valence-corrected chi connectivity index (χ3v) is 6.52. The lowest BCUT2D eigenvalue weighted by atomic mass is 9.95. The quantitative estimate of drug-likeness (QED) is 0.628. The predicted octanol–water partition coefficient (Wildman–Crippen LogP) is 3.04. The summed E-state index contributed by atoms with van der Waals surface area (Å²) < 4.78 is 14.2. The van der Waals surface area contributed by atoms with Crippen LogP contribution in [0, 0.1) is 5.82 Å². The van der Waals surface area contributed by atoms with Gasteiger partial charge in [0.05, 0.1) is 0 Å². The SMILES string of the molecule is CN=C(NCC1(c2ccccc2F)CC1)NC1CCN(C2CCCC2)C1. The van der Waals surface area contributed by atoms with E-state index >= 15 is 0 Å². The van der Waals surface area contributed by atoms with Crippen LogP contribution in [0.4, 0.5) is 4.39 Å². The summed E-state index contributed by atoms with van der Waals surface area (Å²) in [5.74, 6) is 0.767. The number of nitrogens with one attached hydrogen (secondary N) is 2. The lowest BCUT2D eigenvalue weighted by molar-refractivity contribution is 0.242. The summed E-state index contributed by atoms with van der Waals surface area (Å²) in [6.45, 7) is 3.05. The van der Waals surface area contributed by atoms with Crippen molar-refractivity contribution >= 4 is 5.96 Å². The molecule has 26 heavy (non-hydrogen) atoms. The highest BCUT2D eigenvalue weighted by atomic mass is 19.1. The molecule has 3 fully saturated rings. The van der Waals surface area contributed by atoms with Gasteiger partial charge in [0.15, 0.2) is 5.96 Å². The fourth-order valence-electron chi connectivity index (χ4n) is 4.73. The first-order chi connectivity index (χ1) is 12.7. The Bertz CT molecular complexity index is 649. The largest absolute Gasteiger partial charge is 0.356 e. The maximum absolute atomic E-state index is 14.2. The van der Waals surface area contributed by atoms with E-state index in [2.05, 4.69) is 20.5 Å². The van der Waals surface area contributed by atoms with Crippen molar-refractivity contribution < 1.29 is 4.39 Å². The molecule has 142 valence electrons. The van der Waals surface area contributed by atoms with Crippen molar-refractivity contribution in [1.82, 2.24) is 15.5 Å². The molecule has 1 atom stereocenters. The number of benzene rings is 1. The molecule has 1 aromatic rings. The molecule has 1 aliphatic heterocycles. The average molecular weight is 359 g/mol. The van der Waals surface area contributed by atoms with Crippen LogP contribution in [0.1, 0.15) is 50.5 Å². The normalized spacial score (nSPS) is 26.2. The molecule has 1 heterocycles. The van der Waals surface area contributed by atoms with Crippen LogP contribution < -0.4 is 10.6 Å². The Balaban J connectivity index is 1.30. The van der Waals surface area contributed by atoms with Crippen molar-refractivity contribution in [2.75, 3.05) is 26.7 Å². The van der Waals surface area contributed by atoms with E-state index in [0.29, 0.717) is 6.04 Å². The summed E-state index contributed by atoms with van der Waals surface area (Å²) in [5.41, 5.74) is 0.783. The van der Waals surface area contributed by atoms with E-state index < -0.39 is 0 Å². The van der Waals surface area contributed by atoms with Crippen molar-refractivity contribution in [2.24, 2.45) is 4.99 Å². The second-order valence-electron chi connectivity index (χ2n) is 8.25. The first kappa shape index (κ1) is 17.8. The highest BCUT2D eigenvalue weighted by Crippen LogP contribution is 2.48. The van der Waals surface area contributed by atoms with Crippen molar-refractivity contribution in [1.29, 1.82) is 0 Å². The maximum Gasteiger partial charge on any atom is 0.191 e. The molecule has 0 spiro atoms. The van der Waals surface area contributed by atoms with E-state index in [0.717, 1.165) is 43.5 Å². The van der Waals surface area contributed by atoms with Crippen molar-refractivity contribution in [2.45, 2.75) is 62.4 Å². The van der Waals surface area contributed by atoms with Crippen LogP contribution in [-0.2, 0) is 5.41 Å². The molecular weight excluding hydrogens is 327 g/mol. The summed E-state index contributed by atoms with van der Waals surface area (Å²) in [5, 5.41) is 7.05. The monoisotopic (exact) mass is 358 g/mol. The van der Waals surface area contributed by atoms with Gasteiger partial charge in [-0.1, -0.05) is 31.0 Å². The van der Waals surface area contributed by atoms with Crippen molar-refractivity contribution in [3.63, 3.8) is 0 Å². The minimum absolute atomic E-state index is 0.0610. The molecule has 2 aliphatic carbocycles. The third kappa shape index (κ3) is 3.73. The topological polar surface area (TPSA) is 39.7 Å². The Labute approximate surface area is 156 Å². The van der Waals surface area contributed by atoms with Gasteiger partial charge in [-0.05, 0) is 43.7 Å². The zero-order chi connectivity index (χ0) is 18.0. The first-order valence-corrected chi connectivity index (χ1v) is 10.2. The zero-order valence-electron chi connectivity index (χ0n) is 15.8. The lowest BCUT2D eigenvalue weighted by Gasteiger charge is -2.24. The van der Waals surface area contributed by atoms with Crippen LogP contribution in [-0.4, -0.2) is 49.6 Å². The van der Waals surface area contributed by atoms with Gasteiger partial charge >= 0.3 is 0 Å². The van der Waals surface area contributed by atoms with Gasteiger partial charge < -0.3 is 10.6 Å². The van der Waals surface area contributed by atoms with E-state index in [1.807, 2.05) is 19.2 Å². The summed E-state index contributed by atoms with van der Waals surface area (Å²) in [4.78, 5) is 7.06. The van der Waals surface area contributed by atoms with E-state index in [1.165, 1.54) is 38.6 Å². The standard InChI is InChI=1S/C21H31FN4/c1-23-20(25-16-10-13-26(14-16)17-6-2-3-7-17)24-15-21(11-12-21)18-8-4-5-9-19(18)22/h4-5,8-9,16-17H,2-3,6-7,10-15H2,1H3,(H2,23,24,25). The number of likely N-dealkylation sites (tertiary alicyclic amines) is 1. The molecule has 0 amide bonds. The van der Waals surface area contributed by atoms with Crippen molar-refractivity contribution in [3.8, 4) is 0 Å². The zero-order valence-corrected chi connectivity index (χ0v) is 15.8. The molecule has 2 N–H and O–H groups in total. The van der Waals surface area contributed by atoms with Crippen LogP contribution in [0.2, 0.25) is 0 Å². The molecule has 0 bridgehead atoms. The number of hydrogen-bond acceptors (Lipinski definition) is 2. The molecule has 4 rings (SSSR count). The van der Waals surface area contributed by atoms with Crippen LogP contribution in [0.5, 0.6) is 0 Å². The minimum Gasteiger partial charge on any atom is -0.356 e. The number of rotatable bonds is 5. The summed E-state index contributed by atoms with van der Waals surface area (Å²) in [6, 6.07) is 8.45. The van der Waals surface area contributed by atoms with Crippen molar-refractivity contribution in [3.05, 3.63) is 35.6 Å². The van der Waals surface area contributed by atoms with E-state index in [4.69, 9.17) is 0 Å². The highest BCUT2D eigenvalue weighted by Gasteiger charge is 2.46. The van der Waals surface area contributed by atoms with Gasteiger partial charge in [-0.2, -0.15) is 0 Å². The van der Waals surface area contributed by atoms with E-state index in [1.54, 1.807) is 12.1 Å². The van der Waals surface area contributed by atoms with Gasteiger partial charge in [0.1, 0.15) is 5.82 Å². The van der Waals surface area contributed by atoms with Gasteiger partial charge in [0.25, 0.3) is 0 Å². The molecule has 0 aromatic heterocycles. The Morgan fingerprint density at radius 1 is 1.23 bits per heavy atom. The second-order valence-corrected chi connectivity index (χ2v) is 8.25. The minimum atomic E-state index is -0.0854. The van der Waals surface area contributed by atoms with E-state index in [-0.39, 0.29) is 11.2 Å². The number of aliphatic imine (C=N–C) groups is 1. The van der Waals surface area contributed by atoms with Gasteiger partial charge in [0.2, 0.25) is 0 Å². The Hall–Kier alpha value is -1.62. The molecule has 4 nitrogen and oxygen atoms in total. The average Bonchev–Trinajstić information content (AvgIpc) is 3.06. The summed E-state index contributed by atoms with van der Waals surface area (Å²) in [6.07, 6.45) is 8.76. The fraction of sp³-hybridized carbons (Fsp3) is 0.667. The number of guanidine groups is 1. The van der Waals surface area contributed by atoms with Gasteiger partial charge in [0, 0.05) is 44.2 Å². The molecular formula is C21H31FN4. The molecule has 1 aromatic carbocycles. The molecule has 1 unspecified atom stereocenters.